The van der Waals surface area contributed by atoms with Crippen LogP contribution in [0.2, 0.25) is 0 Å². The maximum absolute atomic E-state index is 12.2. The Morgan fingerprint density at radius 1 is 1.21 bits per heavy atom. The van der Waals surface area contributed by atoms with Gasteiger partial charge in [0, 0.05) is 25.1 Å². The van der Waals surface area contributed by atoms with Crippen molar-refractivity contribution in [2.45, 2.75) is 26.2 Å². The number of carbonyl (C=O) groups excluding carboxylic acids is 1. The number of aryl methyl sites for hydroxylation is 1. The van der Waals surface area contributed by atoms with E-state index in [1.54, 1.807) is 0 Å². The summed E-state index contributed by atoms with van der Waals surface area (Å²) in [7, 11) is 0. The highest BCUT2D eigenvalue weighted by Gasteiger charge is 2.24. The molecule has 1 heterocycles. The lowest BCUT2D eigenvalue weighted by atomic mass is 9.93. The third kappa shape index (κ3) is 3.56. The molecule has 102 valence electrons. The Labute approximate surface area is 113 Å². The number of hydrogen-bond donors (Lipinski definition) is 1. The van der Waals surface area contributed by atoms with E-state index >= 15 is 0 Å². The summed E-state index contributed by atoms with van der Waals surface area (Å²) in [6, 6.07) is 7.57. The smallest absolute Gasteiger partial charge is 0.303 e. The maximum Gasteiger partial charge on any atom is 0.303 e. The normalized spacial score (nSPS) is 16.4. The van der Waals surface area contributed by atoms with Crippen LogP contribution in [0, 0.1) is 12.8 Å². The number of rotatable bonds is 3. The van der Waals surface area contributed by atoms with Crippen molar-refractivity contribution in [3.63, 3.8) is 0 Å². The van der Waals surface area contributed by atoms with E-state index in [0.717, 1.165) is 18.4 Å². The van der Waals surface area contributed by atoms with Crippen LogP contribution >= 0.6 is 0 Å². The van der Waals surface area contributed by atoms with Gasteiger partial charge in [-0.2, -0.15) is 0 Å². The SMILES string of the molecule is Cc1ccc(C(=O)N2CCC(CC(=O)O)CC2)cc1. The molecule has 1 aliphatic rings. The first-order valence-corrected chi connectivity index (χ1v) is 6.64. The van der Waals surface area contributed by atoms with Gasteiger partial charge in [0.2, 0.25) is 0 Å². The van der Waals surface area contributed by atoms with Crippen molar-refractivity contribution in [1.82, 2.24) is 4.90 Å². The topological polar surface area (TPSA) is 57.6 Å². The standard InChI is InChI=1S/C15H19NO3/c1-11-2-4-13(5-3-11)15(19)16-8-6-12(7-9-16)10-14(17)18/h2-5,12H,6-10H2,1H3,(H,17,18). The van der Waals surface area contributed by atoms with Gasteiger partial charge >= 0.3 is 5.97 Å². The van der Waals surface area contributed by atoms with Crippen LogP contribution in [-0.2, 0) is 4.79 Å². The molecule has 4 nitrogen and oxygen atoms in total. The molecule has 2 rings (SSSR count). The van der Waals surface area contributed by atoms with Gasteiger partial charge in [-0.05, 0) is 37.8 Å². The molecular formula is C15H19NO3. The molecule has 0 unspecified atom stereocenters. The van der Waals surface area contributed by atoms with Gasteiger partial charge in [-0.1, -0.05) is 17.7 Å². The lowest BCUT2D eigenvalue weighted by Crippen LogP contribution is -2.38. The van der Waals surface area contributed by atoms with Gasteiger partial charge in [0.05, 0.1) is 0 Å². The van der Waals surface area contributed by atoms with Gasteiger partial charge in [-0.25, -0.2) is 0 Å². The molecule has 0 saturated carbocycles. The molecule has 0 bridgehead atoms. The molecule has 0 aliphatic carbocycles. The summed E-state index contributed by atoms with van der Waals surface area (Å²) >= 11 is 0. The number of hydrogen-bond acceptors (Lipinski definition) is 2. The molecule has 1 N–H and O–H groups in total. The first-order chi connectivity index (χ1) is 9.06. The first-order valence-electron chi connectivity index (χ1n) is 6.64. The van der Waals surface area contributed by atoms with Gasteiger partial charge in [-0.15, -0.1) is 0 Å². The van der Waals surface area contributed by atoms with E-state index < -0.39 is 5.97 Å². The Morgan fingerprint density at radius 2 is 1.79 bits per heavy atom. The molecule has 1 amide bonds. The predicted molar refractivity (Wildman–Crippen MR) is 72.1 cm³/mol. The summed E-state index contributed by atoms with van der Waals surface area (Å²) in [6.45, 7) is 3.31. The fourth-order valence-electron chi connectivity index (χ4n) is 2.47. The van der Waals surface area contributed by atoms with Crippen molar-refractivity contribution in [2.24, 2.45) is 5.92 Å². The fourth-order valence-corrected chi connectivity index (χ4v) is 2.47. The summed E-state index contributed by atoms with van der Waals surface area (Å²) in [6.07, 6.45) is 1.78. The van der Waals surface area contributed by atoms with Crippen LogP contribution in [0.25, 0.3) is 0 Å². The molecule has 1 aromatic carbocycles. The maximum atomic E-state index is 12.2. The molecule has 1 fully saturated rings. The molecule has 0 atom stereocenters. The van der Waals surface area contributed by atoms with Crippen molar-refractivity contribution in [1.29, 1.82) is 0 Å². The molecule has 0 aromatic heterocycles. The number of aliphatic carboxylic acids is 1. The molecule has 0 spiro atoms. The van der Waals surface area contributed by atoms with E-state index in [4.69, 9.17) is 5.11 Å². The molecule has 4 heteroatoms. The van der Waals surface area contributed by atoms with Crippen molar-refractivity contribution in [3.8, 4) is 0 Å². The van der Waals surface area contributed by atoms with E-state index in [2.05, 4.69) is 0 Å². The zero-order valence-corrected chi connectivity index (χ0v) is 11.1. The van der Waals surface area contributed by atoms with Gasteiger partial charge in [0.1, 0.15) is 0 Å². The number of piperidine rings is 1. The first kappa shape index (κ1) is 13.6. The highest BCUT2D eigenvalue weighted by molar-refractivity contribution is 5.94. The predicted octanol–water partition coefficient (Wildman–Crippen LogP) is 2.32. The minimum absolute atomic E-state index is 0.0498. The Bertz CT molecular complexity index is 459. The minimum Gasteiger partial charge on any atom is -0.481 e. The number of amides is 1. The Hall–Kier alpha value is -1.84. The number of carboxylic acids is 1. The lowest BCUT2D eigenvalue weighted by Gasteiger charge is -2.31. The quantitative estimate of drug-likeness (QED) is 0.908. The largest absolute Gasteiger partial charge is 0.481 e. The van der Waals surface area contributed by atoms with E-state index in [1.807, 2.05) is 36.1 Å². The Kier molecular flexibility index (Phi) is 4.20. The zero-order valence-electron chi connectivity index (χ0n) is 11.1. The van der Waals surface area contributed by atoms with Crippen LogP contribution in [0.5, 0.6) is 0 Å². The Balaban J connectivity index is 1.92. The second kappa shape index (κ2) is 5.87. The number of carboxylic acid groups (broad SMARTS) is 1. The van der Waals surface area contributed by atoms with Gasteiger partial charge in [0.15, 0.2) is 0 Å². The molecule has 0 radical (unpaired) electrons. The average Bonchev–Trinajstić information content (AvgIpc) is 2.39. The van der Waals surface area contributed by atoms with Crippen molar-refractivity contribution in [2.75, 3.05) is 13.1 Å². The third-order valence-electron chi connectivity index (χ3n) is 3.66. The van der Waals surface area contributed by atoms with Crippen LogP contribution in [0.4, 0.5) is 0 Å². The summed E-state index contributed by atoms with van der Waals surface area (Å²) in [5.74, 6) is -0.489. The van der Waals surface area contributed by atoms with E-state index in [0.29, 0.717) is 18.7 Å². The van der Waals surface area contributed by atoms with Crippen LogP contribution < -0.4 is 0 Å². The van der Waals surface area contributed by atoms with E-state index in [1.165, 1.54) is 0 Å². The zero-order chi connectivity index (χ0) is 13.8. The van der Waals surface area contributed by atoms with E-state index in [-0.39, 0.29) is 18.2 Å². The highest BCUT2D eigenvalue weighted by atomic mass is 16.4. The van der Waals surface area contributed by atoms with Crippen molar-refractivity contribution >= 4 is 11.9 Å². The number of likely N-dealkylation sites (tertiary alicyclic amines) is 1. The van der Waals surface area contributed by atoms with Crippen LogP contribution in [0.3, 0.4) is 0 Å². The summed E-state index contributed by atoms with van der Waals surface area (Å²) in [5.41, 5.74) is 1.85. The summed E-state index contributed by atoms with van der Waals surface area (Å²) in [5, 5.41) is 8.76. The Morgan fingerprint density at radius 3 is 2.32 bits per heavy atom. The number of carbonyl (C=O) groups is 2. The highest BCUT2D eigenvalue weighted by Crippen LogP contribution is 2.21. The van der Waals surface area contributed by atoms with Crippen LogP contribution in [0.1, 0.15) is 35.2 Å². The van der Waals surface area contributed by atoms with Gasteiger partial charge in [0.25, 0.3) is 5.91 Å². The van der Waals surface area contributed by atoms with Crippen LogP contribution in [0.15, 0.2) is 24.3 Å². The minimum atomic E-state index is -0.747. The fraction of sp³-hybridized carbons (Fsp3) is 0.467. The van der Waals surface area contributed by atoms with Gasteiger partial charge < -0.3 is 10.0 Å². The van der Waals surface area contributed by atoms with E-state index in [9.17, 15) is 9.59 Å². The lowest BCUT2D eigenvalue weighted by molar-refractivity contribution is -0.138. The number of benzene rings is 1. The third-order valence-corrected chi connectivity index (χ3v) is 3.66. The number of nitrogens with zero attached hydrogens (tertiary/aromatic N) is 1. The molecule has 1 aromatic rings. The van der Waals surface area contributed by atoms with Crippen molar-refractivity contribution < 1.29 is 14.7 Å². The molecule has 1 saturated heterocycles. The second-order valence-corrected chi connectivity index (χ2v) is 5.20. The summed E-state index contributed by atoms with van der Waals surface area (Å²) in [4.78, 5) is 24.7. The van der Waals surface area contributed by atoms with Gasteiger partial charge in [-0.3, -0.25) is 9.59 Å². The molecule has 19 heavy (non-hydrogen) atoms. The molecule has 1 aliphatic heterocycles. The van der Waals surface area contributed by atoms with Crippen LogP contribution in [-0.4, -0.2) is 35.0 Å². The summed E-state index contributed by atoms with van der Waals surface area (Å²) < 4.78 is 0. The van der Waals surface area contributed by atoms with Crippen molar-refractivity contribution in [3.05, 3.63) is 35.4 Å². The molecular weight excluding hydrogens is 242 g/mol. The second-order valence-electron chi connectivity index (χ2n) is 5.20. The average molecular weight is 261 g/mol. The monoisotopic (exact) mass is 261 g/mol.